The minimum atomic E-state index is -0.0183. The predicted molar refractivity (Wildman–Crippen MR) is 75.6 cm³/mol. The van der Waals surface area contributed by atoms with Gasteiger partial charge in [-0.05, 0) is 45.0 Å². The van der Waals surface area contributed by atoms with Crippen LogP contribution >= 0.6 is 11.8 Å². The van der Waals surface area contributed by atoms with Gasteiger partial charge in [-0.3, -0.25) is 0 Å². The molecule has 0 saturated carbocycles. The van der Waals surface area contributed by atoms with Crippen molar-refractivity contribution in [3.63, 3.8) is 0 Å². The minimum Gasteiger partial charge on any atom is -0.379 e. The molecule has 96 valence electrons. The van der Waals surface area contributed by atoms with Gasteiger partial charge in [-0.15, -0.1) is 11.8 Å². The maximum absolute atomic E-state index is 5.41. The molecule has 0 spiro atoms. The lowest BCUT2D eigenvalue weighted by Crippen LogP contribution is -2.22. The molecule has 0 aromatic heterocycles. The Bertz CT molecular complexity index is 339. The van der Waals surface area contributed by atoms with Crippen LogP contribution in [0.15, 0.2) is 29.2 Å². The molecule has 0 amide bonds. The van der Waals surface area contributed by atoms with Gasteiger partial charge >= 0.3 is 0 Å². The number of nitrogens with one attached hydrogen (secondary N) is 1. The summed E-state index contributed by atoms with van der Waals surface area (Å²) in [4.78, 5) is 1.34. The summed E-state index contributed by atoms with van der Waals surface area (Å²) in [6.07, 6.45) is 1.06. The van der Waals surface area contributed by atoms with Crippen LogP contribution in [0.2, 0.25) is 0 Å². The molecule has 1 aromatic rings. The van der Waals surface area contributed by atoms with Crippen LogP contribution in [-0.2, 0) is 11.3 Å². The first-order valence-corrected chi connectivity index (χ1v) is 6.97. The van der Waals surface area contributed by atoms with Crippen molar-refractivity contribution in [3.05, 3.63) is 29.8 Å². The number of hydrogen-bond acceptors (Lipinski definition) is 3. The third kappa shape index (κ3) is 5.57. The van der Waals surface area contributed by atoms with E-state index in [0.717, 1.165) is 18.7 Å². The Labute approximate surface area is 109 Å². The van der Waals surface area contributed by atoms with Gasteiger partial charge in [0.05, 0.1) is 5.60 Å². The number of benzene rings is 1. The Morgan fingerprint density at radius 2 is 2.12 bits per heavy atom. The van der Waals surface area contributed by atoms with E-state index in [9.17, 15) is 0 Å². The molecule has 0 atom stereocenters. The van der Waals surface area contributed by atoms with Crippen molar-refractivity contribution in [1.29, 1.82) is 0 Å². The van der Waals surface area contributed by atoms with Crippen LogP contribution in [0.25, 0.3) is 0 Å². The van der Waals surface area contributed by atoms with Gasteiger partial charge in [0, 0.05) is 24.3 Å². The Hall–Kier alpha value is -0.510. The van der Waals surface area contributed by atoms with Gasteiger partial charge in [0.2, 0.25) is 0 Å². The first-order valence-electron chi connectivity index (χ1n) is 5.99. The van der Waals surface area contributed by atoms with Gasteiger partial charge in [-0.1, -0.05) is 12.1 Å². The SMILES string of the molecule is CNCc1cccc(SCCC(C)(C)OC)c1. The van der Waals surface area contributed by atoms with Crippen LogP contribution in [0.5, 0.6) is 0 Å². The average Bonchev–Trinajstić information content (AvgIpc) is 2.30. The van der Waals surface area contributed by atoms with E-state index in [4.69, 9.17) is 4.74 Å². The van der Waals surface area contributed by atoms with Crippen molar-refractivity contribution >= 4 is 11.8 Å². The molecular formula is C14H23NOS. The smallest absolute Gasteiger partial charge is 0.0630 e. The topological polar surface area (TPSA) is 21.3 Å². The molecule has 1 N–H and O–H groups in total. The van der Waals surface area contributed by atoms with Crippen LogP contribution in [0, 0.1) is 0 Å². The van der Waals surface area contributed by atoms with Gasteiger partial charge in [0.15, 0.2) is 0 Å². The maximum Gasteiger partial charge on any atom is 0.0630 e. The zero-order valence-corrected chi connectivity index (χ0v) is 12.1. The monoisotopic (exact) mass is 253 g/mol. The summed E-state index contributed by atoms with van der Waals surface area (Å²) in [6, 6.07) is 8.70. The number of hydrogen-bond donors (Lipinski definition) is 1. The van der Waals surface area contributed by atoms with Crippen LogP contribution < -0.4 is 5.32 Å². The molecule has 0 heterocycles. The number of thioether (sulfide) groups is 1. The number of rotatable bonds is 7. The molecule has 1 aromatic carbocycles. The summed E-state index contributed by atoms with van der Waals surface area (Å²) in [6.45, 7) is 5.19. The molecule has 0 aliphatic rings. The molecule has 17 heavy (non-hydrogen) atoms. The first-order chi connectivity index (χ1) is 8.07. The van der Waals surface area contributed by atoms with E-state index in [1.165, 1.54) is 10.5 Å². The summed E-state index contributed by atoms with van der Waals surface area (Å²) in [5.41, 5.74) is 1.32. The Kier molecular flexibility index (Phi) is 6.03. The van der Waals surface area contributed by atoms with Crippen molar-refractivity contribution in [3.8, 4) is 0 Å². The highest BCUT2D eigenvalue weighted by molar-refractivity contribution is 7.99. The fourth-order valence-electron chi connectivity index (χ4n) is 1.47. The van der Waals surface area contributed by atoms with Crippen LogP contribution in [0.1, 0.15) is 25.8 Å². The van der Waals surface area contributed by atoms with E-state index in [1.54, 1.807) is 7.11 Å². The van der Waals surface area contributed by atoms with Gasteiger partial charge in [0.25, 0.3) is 0 Å². The van der Waals surface area contributed by atoms with Crippen molar-refractivity contribution in [1.82, 2.24) is 5.32 Å². The Morgan fingerprint density at radius 1 is 1.35 bits per heavy atom. The summed E-state index contributed by atoms with van der Waals surface area (Å²) in [7, 11) is 3.75. The Morgan fingerprint density at radius 3 is 2.76 bits per heavy atom. The lowest BCUT2D eigenvalue weighted by Gasteiger charge is -2.22. The minimum absolute atomic E-state index is 0.0183. The van der Waals surface area contributed by atoms with E-state index in [0.29, 0.717) is 0 Å². The normalized spacial score (nSPS) is 11.8. The second-order valence-corrected chi connectivity index (χ2v) is 5.91. The lowest BCUT2D eigenvalue weighted by atomic mass is 10.1. The summed E-state index contributed by atoms with van der Waals surface area (Å²) >= 11 is 1.89. The van der Waals surface area contributed by atoms with Crippen LogP contribution in [0.4, 0.5) is 0 Å². The van der Waals surface area contributed by atoms with E-state index < -0.39 is 0 Å². The van der Waals surface area contributed by atoms with Gasteiger partial charge in [-0.25, -0.2) is 0 Å². The molecule has 2 nitrogen and oxygen atoms in total. The Balaban J connectivity index is 2.44. The summed E-state index contributed by atoms with van der Waals surface area (Å²) in [5.74, 6) is 1.09. The number of ether oxygens (including phenoxy) is 1. The lowest BCUT2D eigenvalue weighted by molar-refractivity contribution is 0.0207. The third-order valence-electron chi connectivity index (χ3n) is 2.80. The summed E-state index contributed by atoms with van der Waals surface area (Å²) < 4.78 is 5.41. The molecule has 0 bridgehead atoms. The number of methoxy groups -OCH3 is 1. The fourth-order valence-corrected chi connectivity index (χ4v) is 2.70. The molecule has 0 saturated heterocycles. The van der Waals surface area contributed by atoms with Crippen molar-refractivity contribution in [2.75, 3.05) is 19.9 Å². The van der Waals surface area contributed by atoms with E-state index in [1.807, 2.05) is 18.8 Å². The average molecular weight is 253 g/mol. The standard InChI is InChI=1S/C14H23NOS/c1-14(2,16-4)8-9-17-13-7-5-6-12(10-13)11-15-3/h5-7,10,15H,8-9,11H2,1-4H3. The molecule has 0 aliphatic heterocycles. The second-order valence-electron chi connectivity index (χ2n) is 4.74. The van der Waals surface area contributed by atoms with Crippen molar-refractivity contribution < 1.29 is 4.74 Å². The first kappa shape index (κ1) is 14.6. The second kappa shape index (κ2) is 7.04. The van der Waals surface area contributed by atoms with Crippen LogP contribution in [0.3, 0.4) is 0 Å². The quantitative estimate of drug-likeness (QED) is 0.753. The fraction of sp³-hybridized carbons (Fsp3) is 0.571. The molecule has 3 heteroatoms. The van der Waals surface area contributed by atoms with Crippen LogP contribution in [-0.4, -0.2) is 25.5 Å². The largest absolute Gasteiger partial charge is 0.379 e. The third-order valence-corrected chi connectivity index (χ3v) is 3.80. The zero-order chi connectivity index (χ0) is 12.7. The van der Waals surface area contributed by atoms with E-state index in [2.05, 4.69) is 43.4 Å². The predicted octanol–water partition coefficient (Wildman–Crippen LogP) is 3.31. The molecule has 0 radical (unpaired) electrons. The molecular weight excluding hydrogens is 230 g/mol. The van der Waals surface area contributed by atoms with Gasteiger partial charge in [-0.2, -0.15) is 0 Å². The molecule has 0 fully saturated rings. The van der Waals surface area contributed by atoms with E-state index >= 15 is 0 Å². The summed E-state index contributed by atoms with van der Waals surface area (Å²) in [5, 5.41) is 3.17. The zero-order valence-electron chi connectivity index (χ0n) is 11.2. The van der Waals surface area contributed by atoms with Gasteiger partial charge < -0.3 is 10.1 Å². The molecule has 1 rings (SSSR count). The highest BCUT2D eigenvalue weighted by atomic mass is 32.2. The highest BCUT2D eigenvalue weighted by Gasteiger charge is 2.15. The molecule has 0 unspecified atom stereocenters. The van der Waals surface area contributed by atoms with E-state index in [-0.39, 0.29) is 5.60 Å². The van der Waals surface area contributed by atoms with Crippen molar-refractivity contribution in [2.24, 2.45) is 0 Å². The maximum atomic E-state index is 5.41. The van der Waals surface area contributed by atoms with Gasteiger partial charge in [0.1, 0.15) is 0 Å². The highest BCUT2D eigenvalue weighted by Crippen LogP contribution is 2.23. The van der Waals surface area contributed by atoms with Crippen molar-refractivity contribution in [2.45, 2.75) is 37.3 Å². The molecule has 0 aliphatic carbocycles.